The van der Waals surface area contributed by atoms with E-state index in [-0.39, 0.29) is 0 Å². The van der Waals surface area contributed by atoms with Crippen LogP contribution in [0.2, 0.25) is 0 Å². The second-order valence-electron chi connectivity index (χ2n) is 4.13. The Labute approximate surface area is 96.3 Å². The summed E-state index contributed by atoms with van der Waals surface area (Å²) in [6.07, 6.45) is 3.65. The van der Waals surface area contributed by atoms with Gasteiger partial charge in [0.1, 0.15) is 0 Å². The highest BCUT2D eigenvalue weighted by Gasteiger charge is 2.03. The number of hydrogen-bond donors (Lipinski definition) is 0. The van der Waals surface area contributed by atoms with Crippen molar-refractivity contribution in [3.63, 3.8) is 0 Å². The summed E-state index contributed by atoms with van der Waals surface area (Å²) in [7, 11) is 0. The Kier molecular flexibility index (Phi) is 3.40. The van der Waals surface area contributed by atoms with Crippen LogP contribution in [-0.2, 0) is 6.42 Å². The van der Waals surface area contributed by atoms with Crippen LogP contribution >= 0.6 is 0 Å². The maximum atomic E-state index is 5.22. The second kappa shape index (κ2) is 4.97. The minimum absolute atomic E-state index is 0.847. The van der Waals surface area contributed by atoms with Gasteiger partial charge in [0.2, 0.25) is 0 Å². The van der Waals surface area contributed by atoms with E-state index in [1.54, 1.807) is 0 Å². The first-order valence-electron chi connectivity index (χ1n) is 5.82. The zero-order valence-electron chi connectivity index (χ0n) is 9.86. The normalized spacial score (nSPS) is 10.6. The van der Waals surface area contributed by atoms with Crippen LogP contribution in [0.15, 0.2) is 34.9 Å². The van der Waals surface area contributed by atoms with Gasteiger partial charge in [-0.15, -0.1) is 0 Å². The van der Waals surface area contributed by atoms with Crippen LogP contribution in [0.3, 0.4) is 0 Å². The molecule has 0 aliphatic heterocycles. The molecule has 0 radical (unpaired) electrons. The second-order valence-corrected chi connectivity index (χ2v) is 4.13. The average Bonchev–Trinajstić information content (AvgIpc) is 2.74. The molecule has 0 fully saturated rings. The highest BCUT2D eigenvalue weighted by molar-refractivity contribution is 5.57. The average molecular weight is 215 g/mol. The molecule has 1 aromatic carbocycles. The summed E-state index contributed by atoms with van der Waals surface area (Å²) in [5, 5.41) is 3.89. The molecule has 0 saturated heterocycles. The van der Waals surface area contributed by atoms with Gasteiger partial charge in [-0.2, -0.15) is 0 Å². The summed E-state index contributed by atoms with van der Waals surface area (Å²) in [5.41, 5.74) is 3.41. The smallest absolute Gasteiger partial charge is 0.167 e. The maximum Gasteiger partial charge on any atom is 0.167 e. The number of unbranched alkanes of at least 4 members (excludes halogenated alkanes) is 1. The summed E-state index contributed by atoms with van der Waals surface area (Å²) in [6.45, 7) is 4.15. The zero-order valence-corrected chi connectivity index (χ0v) is 9.86. The van der Waals surface area contributed by atoms with Crippen LogP contribution in [0.25, 0.3) is 11.3 Å². The van der Waals surface area contributed by atoms with E-state index in [2.05, 4.69) is 36.3 Å². The van der Waals surface area contributed by atoms with Gasteiger partial charge in [-0.25, -0.2) is 0 Å². The van der Waals surface area contributed by atoms with Gasteiger partial charge in [0.05, 0.1) is 5.69 Å². The van der Waals surface area contributed by atoms with E-state index < -0.39 is 0 Å². The van der Waals surface area contributed by atoms with Gasteiger partial charge in [0, 0.05) is 11.6 Å². The fraction of sp³-hybridized carbons (Fsp3) is 0.357. The standard InChI is InChI=1S/C14H17NO/c1-3-4-5-12-6-8-13(9-7-12)14-10-11(2)15-16-14/h6-10H,3-5H2,1-2H3. The van der Waals surface area contributed by atoms with E-state index in [4.69, 9.17) is 4.52 Å². The lowest BCUT2D eigenvalue weighted by Gasteiger charge is -2.00. The molecule has 0 aliphatic rings. The summed E-state index contributed by atoms with van der Waals surface area (Å²) >= 11 is 0. The van der Waals surface area contributed by atoms with Crippen molar-refractivity contribution in [1.29, 1.82) is 0 Å². The molecule has 0 aliphatic carbocycles. The van der Waals surface area contributed by atoms with Gasteiger partial charge < -0.3 is 4.52 Å². The SMILES string of the molecule is CCCCc1ccc(-c2cc(C)no2)cc1. The largest absolute Gasteiger partial charge is 0.356 e. The van der Waals surface area contributed by atoms with Crippen molar-refractivity contribution in [1.82, 2.24) is 5.16 Å². The van der Waals surface area contributed by atoms with Crippen LogP contribution in [0, 0.1) is 6.92 Å². The fourth-order valence-electron chi connectivity index (χ4n) is 1.72. The lowest BCUT2D eigenvalue weighted by molar-refractivity contribution is 0.427. The molecule has 0 atom stereocenters. The van der Waals surface area contributed by atoms with Gasteiger partial charge in [-0.05, 0) is 25.3 Å². The number of hydrogen-bond acceptors (Lipinski definition) is 2. The van der Waals surface area contributed by atoms with Crippen molar-refractivity contribution >= 4 is 0 Å². The monoisotopic (exact) mass is 215 g/mol. The maximum absolute atomic E-state index is 5.22. The molecule has 2 rings (SSSR count). The van der Waals surface area contributed by atoms with Gasteiger partial charge in [0.25, 0.3) is 0 Å². The first-order chi connectivity index (χ1) is 7.79. The van der Waals surface area contributed by atoms with Gasteiger partial charge in [-0.3, -0.25) is 0 Å². The zero-order chi connectivity index (χ0) is 11.4. The summed E-state index contributed by atoms with van der Waals surface area (Å²) in [5.74, 6) is 0.847. The summed E-state index contributed by atoms with van der Waals surface area (Å²) in [6, 6.07) is 10.5. The third-order valence-corrected chi connectivity index (χ3v) is 2.69. The van der Waals surface area contributed by atoms with Crippen LogP contribution in [0.5, 0.6) is 0 Å². The lowest BCUT2D eigenvalue weighted by atomic mass is 10.1. The van der Waals surface area contributed by atoms with Crippen molar-refractivity contribution < 1.29 is 4.52 Å². The molecule has 0 bridgehead atoms. The number of benzene rings is 1. The highest BCUT2D eigenvalue weighted by atomic mass is 16.5. The Morgan fingerprint density at radius 2 is 1.94 bits per heavy atom. The Morgan fingerprint density at radius 1 is 1.19 bits per heavy atom. The predicted octanol–water partition coefficient (Wildman–Crippen LogP) is 3.99. The molecule has 16 heavy (non-hydrogen) atoms. The van der Waals surface area contributed by atoms with E-state index in [9.17, 15) is 0 Å². The third-order valence-electron chi connectivity index (χ3n) is 2.69. The molecule has 2 nitrogen and oxygen atoms in total. The molecule has 0 spiro atoms. The van der Waals surface area contributed by atoms with Gasteiger partial charge in [-0.1, -0.05) is 42.8 Å². The van der Waals surface area contributed by atoms with Crippen molar-refractivity contribution in [2.75, 3.05) is 0 Å². The van der Waals surface area contributed by atoms with Gasteiger partial charge in [0.15, 0.2) is 5.76 Å². The molecule has 1 aromatic heterocycles. The van der Waals surface area contributed by atoms with E-state index in [1.807, 2.05) is 13.0 Å². The predicted molar refractivity (Wildman–Crippen MR) is 65.3 cm³/mol. The van der Waals surface area contributed by atoms with Crippen LogP contribution in [0.1, 0.15) is 31.0 Å². The van der Waals surface area contributed by atoms with E-state index >= 15 is 0 Å². The first-order valence-corrected chi connectivity index (χ1v) is 5.82. The summed E-state index contributed by atoms with van der Waals surface area (Å²) in [4.78, 5) is 0. The van der Waals surface area contributed by atoms with Crippen molar-refractivity contribution in [2.24, 2.45) is 0 Å². The molecule has 0 unspecified atom stereocenters. The number of rotatable bonds is 4. The molecule has 0 N–H and O–H groups in total. The lowest BCUT2D eigenvalue weighted by Crippen LogP contribution is -1.84. The topological polar surface area (TPSA) is 26.0 Å². The molecular weight excluding hydrogens is 198 g/mol. The van der Waals surface area contributed by atoms with Crippen LogP contribution < -0.4 is 0 Å². The van der Waals surface area contributed by atoms with Gasteiger partial charge >= 0.3 is 0 Å². The Morgan fingerprint density at radius 3 is 2.50 bits per heavy atom. The Hall–Kier alpha value is -1.57. The molecule has 2 heteroatoms. The Balaban J connectivity index is 2.13. The number of aryl methyl sites for hydroxylation is 2. The van der Waals surface area contributed by atoms with E-state index in [1.165, 1.54) is 18.4 Å². The van der Waals surface area contributed by atoms with E-state index in [0.29, 0.717) is 0 Å². The molecule has 2 aromatic rings. The van der Waals surface area contributed by atoms with Crippen molar-refractivity contribution in [3.8, 4) is 11.3 Å². The molecule has 0 saturated carbocycles. The Bertz CT molecular complexity index is 442. The minimum Gasteiger partial charge on any atom is -0.356 e. The first kappa shape index (κ1) is 10.9. The fourth-order valence-corrected chi connectivity index (χ4v) is 1.72. The molecule has 1 heterocycles. The molecule has 0 amide bonds. The van der Waals surface area contributed by atoms with Crippen LogP contribution in [0.4, 0.5) is 0 Å². The van der Waals surface area contributed by atoms with Crippen molar-refractivity contribution in [2.45, 2.75) is 33.1 Å². The molecule has 84 valence electrons. The quantitative estimate of drug-likeness (QED) is 0.770. The summed E-state index contributed by atoms with van der Waals surface area (Å²) < 4.78 is 5.22. The van der Waals surface area contributed by atoms with Crippen LogP contribution in [-0.4, -0.2) is 5.16 Å². The number of aromatic nitrogens is 1. The highest BCUT2D eigenvalue weighted by Crippen LogP contribution is 2.20. The minimum atomic E-state index is 0.847. The third kappa shape index (κ3) is 2.51. The molecular formula is C14H17NO. The van der Waals surface area contributed by atoms with Crippen molar-refractivity contribution in [3.05, 3.63) is 41.6 Å². The number of nitrogens with zero attached hydrogens (tertiary/aromatic N) is 1. The van der Waals surface area contributed by atoms with E-state index in [0.717, 1.165) is 23.4 Å².